The number of nitrogens with zero attached hydrogens (tertiary/aromatic N) is 1. The molecule has 0 saturated carbocycles. The summed E-state index contributed by atoms with van der Waals surface area (Å²) >= 11 is 0. The highest BCUT2D eigenvalue weighted by molar-refractivity contribution is 5.93. The number of aliphatic imine (C=N–C) groups is 1. The minimum atomic E-state index is -1.20. The van der Waals surface area contributed by atoms with E-state index < -0.39 is 5.79 Å². The van der Waals surface area contributed by atoms with E-state index in [4.69, 9.17) is 11.5 Å². The van der Waals surface area contributed by atoms with Gasteiger partial charge in [0, 0.05) is 11.3 Å². The van der Waals surface area contributed by atoms with Crippen LogP contribution in [-0.2, 0) is 5.79 Å². The van der Waals surface area contributed by atoms with Crippen LogP contribution in [0.15, 0.2) is 35.0 Å². The van der Waals surface area contributed by atoms with Gasteiger partial charge in [-0.1, -0.05) is 19.4 Å². The number of hydrogen-bond donors (Lipinski definition) is 3. The molecular formula is C14H19FN4. The Balaban J connectivity index is 2.43. The summed E-state index contributed by atoms with van der Waals surface area (Å²) < 4.78 is 13.4. The largest absolute Gasteiger partial charge is 0.384 e. The zero-order valence-corrected chi connectivity index (χ0v) is 11.2. The van der Waals surface area contributed by atoms with Crippen molar-refractivity contribution in [2.24, 2.45) is 16.5 Å². The van der Waals surface area contributed by atoms with Crippen LogP contribution in [0.1, 0.15) is 30.9 Å². The van der Waals surface area contributed by atoms with Gasteiger partial charge in [0.15, 0.2) is 0 Å². The molecule has 0 spiro atoms. The summed E-state index contributed by atoms with van der Waals surface area (Å²) in [7, 11) is 0. The van der Waals surface area contributed by atoms with Crippen molar-refractivity contribution in [3.63, 3.8) is 0 Å². The molecule has 1 unspecified atom stereocenters. The van der Waals surface area contributed by atoms with Gasteiger partial charge in [-0.05, 0) is 37.1 Å². The van der Waals surface area contributed by atoms with Crippen LogP contribution in [0.25, 0.3) is 0 Å². The Morgan fingerprint density at radius 3 is 2.84 bits per heavy atom. The van der Waals surface area contributed by atoms with Gasteiger partial charge in [0.25, 0.3) is 0 Å². The molecule has 102 valence electrons. The van der Waals surface area contributed by atoms with Crippen molar-refractivity contribution in [3.05, 3.63) is 46.9 Å². The Morgan fingerprint density at radius 1 is 1.42 bits per heavy atom. The van der Waals surface area contributed by atoms with Gasteiger partial charge < -0.3 is 11.1 Å². The zero-order chi connectivity index (χ0) is 14.0. The molecule has 5 heteroatoms. The molecule has 1 aliphatic heterocycles. The standard InChI is InChI=1S/C14H19FN4/c1-3-4-11-8-13(16)19-14(17,18-11)12-7-10(15)6-5-9(12)2/h5-8,18H,3-4,17H2,1-2H3,(H2,16,19). The second kappa shape index (κ2) is 5.01. The van der Waals surface area contributed by atoms with E-state index >= 15 is 0 Å². The van der Waals surface area contributed by atoms with Crippen LogP contribution in [0, 0.1) is 12.7 Å². The van der Waals surface area contributed by atoms with E-state index in [1.54, 1.807) is 12.1 Å². The van der Waals surface area contributed by atoms with Crippen LogP contribution in [0.3, 0.4) is 0 Å². The van der Waals surface area contributed by atoms with Crippen LogP contribution in [-0.4, -0.2) is 5.84 Å². The molecule has 0 saturated heterocycles. The first-order valence-electron chi connectivity index (χ1n) is 6.34. The van der Waals surface area contributed by atoms with Crippen molar-refractivity contribution in [3.8, 4) is 0 Å². The monoisotopic (exact) mass is 262 g/mol. The molecule has 0 aliphatic carbocycles. The molecule has 0 fully saturated rings. The molecule has 0 amide bonds. The van der Waals surface area contributed by atoms with E-state index in [0.29, 0.717) is 11.4 Å². The quantitative estimate of drug-likeness (QED) is 0.778. The van der Waals surface area contributed by atoms with Gasteiger partial charge in [0.1, 0.15) is 11.7 Å². The molecule has 0 radical (unpaired) electrons. The van der Waals surface area contributed by atoms with E-state index in [2.05, 4.69) is 17.2 Å². The summed E-state index contributed by atoms with van der Waals surface area (Å²) in [5.74, 6) is -1.18. The third-order valence-corrected chi connectivity index (χ3v) is 3.11. The highest BCUT2D eigenvalue weighted by Gasteiger charge is 2.31. The van der Waals surface area contributed by atoms with Crippen molar-refractivity contribution in [2.45, 2.75) is 32.5 Å². The summed E-state index contributed by atoms with van der Waals surface area (Å²) in [4.78, 5) is 4.24. The first kappa shape index (κ1) is 13.5. The zero-order valence-electron chi connectivity index (χ0n) is 11.2. The lowest BCUT2D eigenvalue weighted by Gasteiger charge is -2.33. The maximum Gasteiger partial charge on any atom is 0.211 e. The van der Waals surface area contributed by atoms with Crippen LogP contribution < -0.4 is 16.8 Å². The average Bonchev–Trinajstić information content (AvgIpc) is 2.31. The second-order valence-corrected chi connectivity index (χ2v) is 4.81. The average molecular weight is 262 g/mol. The topological polar surface area (TPSA) is 76.4 Å². The van der Waals surface area contributed by atoms with Gasteiger partial charge in [0.05, 0.1) is 0 Å². The van der Waals surface area contributed by atoms with Crippen molar-refractivity contribution in [1.82, 2.24) is 5.32 Å². The Labute approximate surface area is 112 Å². The number of halogens is 1. The second-order valence-electron chi connectivity index (χ2n) is 4.81. The molecule has 0 bridgehead atoms. The summed E-state index contributed by atoms with van der Waals surface area (Å²) in [6.07, 6.45) is 3.55. The maximum atomic E-state index is 13.4. The number of aryl methyl sites for hydroxylation is 1. The summed E-state index contributed by atoms with van der Waals surface area (Å²) in [5.41, 5.74) is 14.5. The van der Waals surface area contributed by atoms with Gasteiger partial charge in [-0.3, -0.25) is 5.73 Å². The van der Waals surface area contributed by atoms with Crippen LogP contribution in [0.4, 0.5) is 4.39 Å². The van der Waals surface area contributed by atoms with Crippen LogP contribution in [0.5, 0.6) is 0 Å². The van der Waals surface area contributed by atoms with Gasteiger partial charge in [-0.2, -0.15) is 0 Å². The molecule has 1 aromatic carbocycles. The lowest BCUT2D eigenvalue weighted by atomic mass is 10.00. The third-order valence-electron chi connectivity index (χ3n) is 3.11. The fraction of sp³-hybridized carbons (Fsp3) is 0.357. The van der Waals surface area contributed by atoms with Gasteiger partial charge in [-0.15, -0.1) is 0 Å². The van der Waals surface area contributed by atoms with Crippen molar-refractivity contribution < 1.29 is 4.39 Å². The number of nitrogens with two attached hydrogens (primary N) is 2. The van der Waals surface area contributed by atoms with E-state index in [1.165, 1.54) is 12.1 Å². The minimum Gasteiger partial charge on any atom is -0.384 e. The van der Waals surface area contributed by atoms with Crippen molar-refractivity contribution >= 4 is 5.84 Å². The van der Waals surface area contributed by atoms with E-state index in [9.17, 15) is 4.39 Å². The number of hydrogen-bond acceptors (Lipinski definition) is 4. The molecular weight excluding hydrogens is 243 g/mol. The van der Waals surface area contributed by atoms with Gasteiger partial charge >= 0.3 is 0 Å². The number of allylic oxidation sites excluding steroid dienone is 1. The predicted octanol–water partition coefficient (Wildman–Crippen LogP) is 1.85. The Kier molecular flexibility index (Phi) is 3.57. The molecule has 1 aromatic rings. The fourth-order valence-electron chi connectivity index (χ4n) is 2.26. The molecule has 5 N–H and O–H groups in total. The number of rotatable bonds is 3. The van der Waals surface area contributed by atoms with Crippen molar-refractivity contribution in [1.29, 1.82) is 0 Å². The molecule has 19 heavy (non-hydrogen) atoms. The Hall–Kier alpha value is -1.88. The van der Waals surface area contributed by atoms with E-state index in [0.717, 1.165) is 24.1 Å². The van der Waals surface area contributed by atoms with E-state index in [1.807, 2.05) is 6.92 Å². The molecule has 4 nitrogen and oxygen atoms in total. The SMILES string of the molecule is CCCC1=CC(N)=NC(N)(c2cc(F)ccc2C)N1. The maximum absolute atomic E-state index is 13.4. The highest BCUT2D eigenvalue weighted by atomic mass is 19.1. The smallest absolute Gasteiger partial charge is 0.211 e. The third kappa shape index (κ3) is 2.76. The number of amidine groups is 1. The molecule has 1 heterocycles. The lowest BCUT2D eigenvalue weighted by Crippen LogP contribution is -2.52. The van der Waals surface area contributed by atoms with Crippen molar-refractivity contribution in [2.75, 3.05) is 0 Å². The lowest BCUT2D eigenvalue weighted by molar-refractivity contribution is 0.383. The molecule has 2 rings (SSSR count). The van der Waals surface area contributed by atoms with Crippen LogP contribution >= 0.6 is 0 Å². The highest BCUT2D eigenvalue weighted by Crippen LogP contribution is 2.26. The predicted molar refractivity (Wildman–Crippen MR) is 74.8 cm³/mol. The number of nitrogens with one attached hydrogen (secondary N) is 1. The minimum absolute atomic E-state index is 0.340. The first-order chi connectivity index (χ1) is 8.94. The normalized spacial score (nSPS) is 22.5. The molecule has 1 aliphatic rings. The summed E-state index contributed by atoms with van der Waals surface area (Å²) in [5, 5.41) is 3.15. The van der Waals surface area contributed by atoms with E-state index in [-0.39, 0.29) is 5.82 Å². The number of benzene rings is 1. The summed E-state index contributed by atoms with van der Waals surface area (Å²) in [6.45, 7) is 3.94. The van der Waals surface area contributed by atoms with Crippen LogP contribution in [0.2, 0.25) is 0 Å². The Bertz CT molecular complexity index is 550. The fourth-order valence-corrected chi connectivity index (χ4v) is 2.26. The van der Waals surface area contributed by atoms with Gasteiger partial charge in [0.2, 0.25) is 5.79 Å². The summed E-state index contributed by atoms with van der Waals surface area (Å²) in [6, 6.07) is 4.49. The molecule has 0 aromatic heterocycles. The molecule has 1 atom stereocenters. The first-order valence-corrected chi connectivity index (χ1v) is 6.34. The van der Waals surface area contributed by atoms with Gasteiger partial charge in [-0.25, -0.2) is 9.38 Å². The Morgan fingerprint density at radius 2 is 2.16 bits per heavy atom.